The Labute approximate surface area is 77.5 Å². The van der Waals surface area contributed by atoms with Crippen molar-refractivity contribution in [1.82, 2.24) is 0 Å². The maximum absolute atomic E-state index is 12.9. The molecular weight excluding hydrogens is 232 g/mol. The summed E-state index contributed by atoms with van der Waals surface area (Å²) in [6, 6.07) is 1.45. The molecule has 0 spiro atoms. The van der Waals surface area contributed by atoms with E-state index in [1.54, 1.807) is 6.92 Å². The van der Waals surface area contributed by atoms with Crippen LogP contribution in [0.25, 0.3) is 0 Å². The summed E-state index contributed by atoms with van der Waals surface area (Å²) in [5.41, 5.74) is 5.81. The lowest BCUT2D eigenvalue weighted by atomic mass is 10.2. The van der Waals surface area contributed by atoms with Gasteiger partial charge in [-0.15, -0.1) is 0 Å². The number of rotatable bonds is 0. The Morgan fingerprint density at radius 1 is 1.64 bits per heavy atom. The van der Waals surface area contributed by atoms with Crippen LogP contribution in [0.1, 0.15) is 5.56 Å². The van der Waals surface area contributed by atoms with Gasteiger partial charge >= 0.3 is 0 Å². The number of halogens is 3. The van der Waals surface area contributed by atoms with E-state index < -0.39 is 5.82 Å². The van der Waals surface area contributed by atoms with Crippen LogP contribution in [0.5, 0.6) is 0 Å². The van der Waals surface area contributed by atoms with Crippen molar-refractivity contribution in [3.8, 4) is 0 Å². The predicted octanol–water partition coefficient (Wildman–Crippen LogP) is 3.13. The minimum atomic E-state index is -0.446. The van der Waals surface area contributed by atoms with Crippen LogP contribution in [0.4, 0.5) is 10.1 Å². The van der Waals surface area contributed by atoms with Gasteiger partial charge in [-0.1, -0.05) is 11.6 Å². The molecule has 0 aliphatic rings. The molecule has 1 aromatic carbocycles. The first-order valence-corrected chi connectivity index (χ1v) is 4.10. The molecule has 1 aromatic rings. The van der Waals surface area contributed by atoms with Crippen molar-refractivity contribution in [2.24, 2.45) is 0 Å². The lowest BCUT2D eigenvalue weighted by molar-refractivity contribution is 0.623. The zero-order valence-corrected chi connectivity index (χ0v) is 8.13. The molecule has 0 heterocycles. The maximum atomic E-state index is 12.9. The smallest absolute Gasteiger partial charge is 0.150 e. The van der Waals surface area contributed by atoms with E-state index in [1.165, 1.54) is 6.07 Å². The molecular formula is C7H6BrClFN. The van der Waals surface area contributed by atoms with Gasteiger partial charge in [0.05, 0.1) is 10.7 Å². The highest BCUT2D eigenvalue weighted by Gasteiger charge is 2.09. The zero-order chi connectivity index (χ0) is 8.59. The number of nitrogen functional groups attached to an aromatic ring is 1. The fourth-order valence-corrected chi connectivity index (χ4v) is 1.44. The first-order chi connectivity index (χ1) is 5.04. The number of hydrogen-bond acceptors (Lipinski definition) is 1. The molecule has 0 saturated heterocycles. The molecule has 0 aromatic heterocycles. The molecule has 1 rings (SSSR count). The Bertz CT molecular complexity index is 275. The van der Waals surface area contributed by atoms with E-state index in [1.807, 2.05) is 0 Å². The van der Waals surface area contributed by atoms with Gasteiger partial charge in [-0.2, -0.15) is 0 Å². The fraction of sp³-hybridized carbons (Fsp3) is 0.143. The summed E-state index contributed by atoms with van der Waals surface area (Å²) in [6.07, 6.45) is 0. The lowest BCUT2D eigenvalue weighted by Gasteiger charge is -2.04. The molecule has 0 amide bonds. The molecule has 0 unspecified atom stereocenters. The molecule has 2 N–H and O–H groups in total. The molecule has 0 saturated carbocycles. The Kier molecular flexibility index (Phi) is 2.40. The highest BCUT2D eigenvalue weighted by molar-refractivity contribution is 9.10. The number of hydrogen-bond donors (Lipinski definition) is 1. The van der Waals surface area contributed by atoms with Crippen LogP contribution in [0.2, 0.25) is 5.02 Å². The van der Waals surface area contributed by atoms with Gasteiger partial charge in [-0.25, -0.2) is 4.39 Å². The predicted molar refractivity (Wildman–Crippen MR) is 48.3 cm³/mol. The topological polar surface area (TPSA) is 26.0 Å². The van der Waals surface area contributed by atoms with Crippen LogP contribution < -0.4 is 5.73 Å². The summed E-state index contributed by atoms with van der Waals surface area (Å²) in [6.45, 7) is 1.58. The third-order valence-corrected chi connectivity index (χ3v) is 2.74. The number of nitrogens with two attached hydrogens (primary N) is 1. The maximum Gasteiger partial charge on any atom is 0.150 e. The SMILES string of the molecule is Cc1c(F)c(N)cc(Br)c1Cl. The quantitative estimate of drug-likeness (QED) is 0.545. The first-order valence-electron chi connectivity index (χ1n) is 2.93. The molecule has 0 aliphatic carbocycles. The minimum absolute atomic E-state index is 0.110. The monoisotopic (exact) mass is 237 g/mol. The third kappa shape index (κ3) is 1.49. The average molecular weight is 238 g/mol. The highest BCUT2D eigenvalue weighted by atomic mass is 79.9. The molecule has 0 fully saturated rings. The number of benzene rings is 1. The van der Waals surface area contributed by atoms with Gasteiger partial charge in [0, 0.05) is 10.0 Å². The molecule has 1 nitrogen and oxygen atoms in total. The van der Waals surface area contributed by atoms with Crippen LogP contribution in [0.3, 0.4) is 0 Å². The largest absolute Gasteiger partial charge is 0.396 e. The Morgan fingerprint density at radius 2 is 2.18 bits per heavy atom. The minimum Gasteiger partial charge on any atom is -0.396 e. The summed E-state index contributed by atoms with van der Waals surface area (Å²) in [4.78, 5) is 0. The number of anilines is 1. The Morgan fingerprint density at radius 3 is 2.73 bits per heavy atom. The van der Waals surface area contributed by atoms with E-state index >= 15 is 0 Å². The van der Waals surface area contributed by atoms with E-state index in [2.05, 4.69) is 15.9 Å². The van der Waals surface area contributed by atoms with E-state index in [-0.39, 0.29) is 5.69 Å². The van der Waals surface area contributed by atoms with Crippen molar-refractivity contribution in [2.75, 3.05) is 5.73 Å². The van der Waals surface area contributed by atoms with E-state index in [4.69, 9.17) is 17.3 Å². The summed E-state index contributed by atoms with van der Waals surface area (Å²) >= 11 is 8.86. The molecule has 0 radical (unpaired) electrons. The van der Waals surface area contributed by atoms with Gasteiger partial charge in [-0.3, -0.25) is 0 Å². The van der Waals surface area contributed by atoms with Gasteiger partial charge in [0.1, 0.15) is 0 Å². The summed E-state index contributed by atoms with van der Waals surface area (Å²) in [5, 5.41) is 0.372. The van der Waals surface area contributed by atoms with E-state index in [0.29, 0.717) is 15.1 Å². The molecule has 0 bridgehead atoms. The molecule has 11 heavy (non-hydrogen) atoms. The molecule has 0 aliphatic heterocycles. The summed E-state index contributed by atoms with van der Waals surface area (Å²) in [5.74, 6) is -0.446. The van der Waals surface area contributed by atoms with Crippen molar-refractivity contribution in [3.63, 3.8) is 0 Å². The van der Waals surface area contributed by atoms with Crippen LogP contribution in [0.15, 0.2) is 10.5 Å². The van der Waals surface area contributed by atoms with Gasteiger partial charge < -0.3 is 5.73 Å². The second kappa shape index (κ2) is 2.99. The summed E-state index contributed by atoms with van der Waals surface area (Å²) < 4.78 is 13.6. The second-order valence-electron chi connectivity index (χ2n) is 2.20. The van der Waals surface area contributed by atoms with Gasteiger partial charge in [0.2, 0.25) is 0 Å². The van der Waals surface area contributed by atoms with Gasteiger partial charge in [0.25, 0.3) is 0 Å². The van der Waals surface area contributed by atoms with Crippen molar-refractivity contribution >= 4 is 33.2 Å². The second-order valence-corrected chi connectivity index (χ2v) is 3.43. The molecule has 4 heteroatoms. The van der Waals surface area contributed by atoms with E-state index in [9.17, 15) is 4.39 Å². The van der Waals surface area contributed by atoms with Crippen molar-refractivity contribution in [1.29, 1.82) is 0 Å². The van der Waals surface area contributed by atoms with Crippen LogP contribution in [-0.4, -0.2) is 0 Å². The van der Waals surface area contributed by atoms with Crippen LogP contribution in [-0.2, 0) is 0 Å². The molecule has 0 atom stereocenters. The average Bonchev–Trinajstić information content (AvgIpc) is 1.97. The Hall–Kier alpha value is -0.280. The highest BCUT2D eigenvalue weighted by Crippen LogP contribution is 2.31. The van der Waals surface area contributed by atoms with E-state index in [0.717, 1.165) is 0 Å². The fourth-order valence-electron chi connectivity index (χ4n) is 0.755. The van der Waals surface area contributed by atoms with Crippen LogP contribution >= 0.6 is 27.5 Å². The van der Waals surface area contributed by atoms with Crippen molar-refractivity contribution in [2.45, 2.75) is 6.92 Å². The van der Waals surface area contributed by atoms with Crippen molar-refractivity contribution in [3.05, 3.63) is 26.9 Å². The lowest BCUT2D eigenvalue weighted by Crippen LogP contribution is -1.94. The van der Waals surface area contributed by atoms with Crippen LogP contribution in [0, 0.1) is 12.7 Å². The standard InChI is InChI=1S/C7H6BrClFN/c1-3-6(9)4(8)2-5(11)7(3)10/h2H,11H2,1H3. The van der Waals surface area contributed by atoms with Gasteiger partial charge in [0.15, 0.2) is 5.82 Å². The summed E-state index contributed by atoms with van der Waals surface area (Å²) in [7, 11) is 0. The van der Waals surface area contributed by atoms with Crippen molar-refractivity contribution < 1.29 is 4.39 Å². The first kappa shape index (κ1) is 8.81. The van der Waals surface area contributed by atoms with Gasteiger partial charge in [-0.05, 0) is 28.9 Å². The molecule has 60 valence electrons. The third-order valence-electron chi connectivity index (χ3n) is 1.40. The zero-order valence-electron chi connectivity index (χ0n) is 5.79. The Balaban J connectivity index is 3.46. The normalized spacial score (nSPS) is 10.2.